The van der Waals surface area contributed by atoms with E-state index < -0.39 is 0 Å². The summed E-state index contributed by atoms with van der Waals surface area (Å²) in [5.41, 5.74) is 1.40. The van der Waals surface area contributed by atoms with Crippen LogP contribution in [0.1, 0.15) is 56.6 Å². The van der Waals surface area contributed by atoms with Crippen LogP contribution in [0.5, 0.6) is 0 Å². The summed E-state index contributed by atoms with van der Waals surface area (Å²) in [5.74, 6) is 0.957. The topological polar surface area (TPSA) is 42.9 Å². The Kier molecular flexibility index (Phi) is 9.06. The minimum absolute atomic E-state index is 0. The van der Waals surface area contributed by atoms with Gasteiger partial charge in [-0.2, -0.15) is 0 Å². The van der Waals surface area contributed by atoms with Crippen molar-refractivity contribution in [1.29, 1.82) is 0 Å². The Balaban J connectivity index is 0.00000240. The second kappa shape index (κ2) is 11.5. The van der Waals surface area contributed by atoms with E-state index in [2.05, 4.69) is 55.8 Å². The number of hydrogen-bond donors (Lipinski definition) is 2. The number of hydrogen-bond acceptors (Lipinski definition) is 3. The van der Waals surface area contributed by atoms with Gasteiger partial charge in [0.25, 0.3) is 0 Å². The molecule has 2 aliphatic heterocycles. The molecule has 2 N–H and O–H groups in total. The van der Waals surface area contributed by atoms with Crippen LogP contribution in [0.15, 0.2) is 35.3 Å². The number of halogens is 1. The smallest absolute Gasteiger partial charge is 0.191 e. The zero-order valence-electron chi connectivity index (χ0n) is 17.9. The number of nitrogens with one attached hydrogen (secondary N) is 2. The molecule has 162 valence electrons. The Hall–Kier alpha value is -0.860. The van der Waals surface area contributed by atoms with Gasteiger partial charge in [-0.15, -0.1) is 24.0 Å². The number of benzene rings is 1. The Morgan fingerprint density at radius 1 is 1.03 bits per heavy atom. The molecule has 3 fully saturated rings. The molecular weight excluding hydrogens is 473 g/mol. The minimum atomic E-state index is 0. The molecule has 1 saturated carbocycles. The largest absolute Gasteiger partial charge is 0.354 e. The van der Waals surface area contributed by atoms with Crippen LogP contribution < -0.4 is 10.6 Å². The summed E-state index contributed by atoms with van der Waals surface area (Å²) >= 11 is 0. The highest BCUT2D eigenvalue weighted by Gasteiger charge is 2.30. The highest BCUT2D eigenvalue weighted by atomic mass is 127. The molecule has 3 aliphatic rings. The van der Waals surface area contributed by atoms with Crippen LogP contribution in [-0.4, -0.2) is 67.6 Å². The Morgan fingerprint density at radius 3 is 2.45 bits per heavy atom. The molecule has 2 heterocycles. The second-order valence-corrected chi connectivity index (χ2v) is 8.69. The minimum Gasteiger partial charge on any atom is -0.354 e. The fourth-order valence-corrected chi connectivity index (χ4v) is 5.27. The molecule has 0 bridgehead atoms. The van der Waals surface area contributed by atoms with Crippen molar-refractivity contribution in [2.24, 2.45) is 4.99 Å². The van der Waals surface area contributed by atoms with Crippen molar-refractivity contribution in [3.63, 3.8) is 0 Å². The molecule has 0 spiro atoms. The van der Waals surface area contributed by atoms with E-state index in [0.717, 1.165) is 18.5 Å². The first-order chi connectivity index (χ1) is 13.8. The zero-order valence-corrected chi connectivity index (χ0v) is 20.2. The number of rotatable bonds is 6. The third-order valence-electron chi connectivity index (χ3n) is 6.85. The highest BCUT2D eigenvalue weighted by molar-refractivity contribution is 14.0. The molecule has 1 aliphatic carbocycles. The van der Waals surface area contributed by atoms with Crippen LogP contribution in [-0.2, 0) is 0 Å². The summed E-state index contributed by atoms with van der Waals surface area (Å²) in [5, 5.41) is 7.33. The Labute approximate surface area is 193 Å². The van der Waals surface area contributed by atoms with Crippen molar-refractivity contribution in [2.75, 3.05) is 39.8 Å². The third-order valence-corrected chi connectivity index (χ3v) is 6.85. The van der Waals surface area contributed by atoms with Gasteiger partial charge in [-0.3, -0.25) is 14.8 Å². The summed E-state index contributed by atoms with van der Waals surface area (Å²) in [7, 11) is 1.90. The lowest BCUT2D eigenvalue weighted by molar-refractivity contribution is 0.241. The summed E-state index contributed by atoms with van der Waals surface area (Å²) in [6.07, 6.45) is 9.48. The van der Waals surface area contributed by atoms with Crippen molar-refractivity contribution < 1.29 is 0 Å². The van der Waals surface area contributed by atoms with E-state index in [1.807, 2.05) is 7.05 Å². The van der Waals surface area contributed by atoms with Crippen LogP contribution in [0, 0.1) is 0 Å². The molecule has 2 saturated heterocycles. The van der Waals surface area contributed by atoms with Crippen molar-refractivity contribution in [3.8, 4) is 0 Å². The van der Waals surface area contributed by atoms with E-state index in [1.54, 1.807) is 0 Å². The number of likely N-dealkylation sites (tertiary alicyclic amines) is 2. The first-order valence-corrected chi connectivity index (χ1v) is 11.3. The zero-order chi connectivity index (χ0) is 19.2. The van der Waals surface area contributed by atoms with Crippen molar-refractivity contribution >= 4 is 29.9 Å². The first-order valence-electron chi connectivity index (χ1n) is 11.3. The van der Waals surface area contributed by atoms with Gasteiger partial charge < -0.3 is 10.6 Å². The van der Waals surface area contributed by atoms with Gasteiger partial charge in [-0.25, -0.2) is 0 Å². The molecule has 0 radical (unpaired) electrons. The molecule has 29 heavy (non-hydrogen) atoms. The summed E-state index contributed by atoms with van der Waals surface area (Å²) in [4.78, 5) is 9.85. The maximum atomic E-state index is 4.52. The van der Waals surface area contributed by atoms with E-state index >= 15 is 0 Å². The predicted molar refractivity (Wildman–Crippen MR) is 132 cm³/mol. The van der Waals surface area contributed by atoms with Gasteiger partial charge >= 0.3 is 0 Å². The average Bonchev–Trinajstić information content (AvgIpc) is 3.50. The molecule has 1 aromatic rings. The number of aliphatic imine (C=N–C) groups is 1. The molecule has 0 aromatic heterocycles. The van der Waals surface area contributed by atoms with E-state index in [0.29, 0.717) is 12.1 Å². The lowest BCUT2D eigenvalue weighted by Crippen LogP contribution is -2.47. The van der Waals surface area contributed by atoms with Crippen LogP contribution in [0.3, 0.4) is 0 Å². The molecule has 0 amide bonds. The second-order valence-electron chi connectivity index (χ2n) is 8.69. The standard InChI is InChI=1S/C23H37N5.HI/c1-24-23(26-20-13-16-28(18-20)21-11-5-6-12-21)25-17-22(27-14-7-8-15-27)19-9-3-2-4-10-19;/h2-4,9-10,20-22H,5-8,11-18H2,1H3,(H2,24,25,26);1H. The maximum Gasteiger partial charge on any atom is 0.191 e. The average molecular weight is 511 g/mol. The van der Waals surface area contributed by atoms with E-state index in [9.17, 15) is 0 Å². The lowest BCUT2D eigenvalue weighted by atomic mass is 10.1. The van der Waals surface area contributed by atoms with Crippen molar-refractivity contribution in [3.05, 3.63) is 35.9 Å². The predicted octanol–water partition coefficient (Wildman–Crippen LogP) is 3.62. The Bertz CT molecular complexity index is 625. The van der Waals surface area contributed by atoms with Crippen LogP contribution in [0.25, 0.3) is 0 Å². The van der Waals surface area contributed by atoms with Gasteiger partial charge in [0.05, 0.1) is 6.04 Å². The van der Waals surface area contributed by atoms with E-state index in [-0.39, 0.29) is 24.0 Å². The highest BCUT2D eigenvalue weighted by Crippen LogP contribution is 2.27. The molecule has 1 aromatic carbocycles. The molecule has 5 nitrogen and oxygen atoms in total. The van der Waals surface area contributed by atoms with Gasteiger partial charge in [-0.05, 0) is 50.8 Å². The summed E-state index contributed by atoms with van der Waals surface area (Å²) in [6, 6.07) is 12.7. The fraction of sp³-hybridized carbons (Fsp3) is 0.696. The lowest BCUT2D eigenvalue weighted by Gasteiger charge is -2.29. The molecular formula is C23H38IN5. The summed E-state index contributed by atoms with van der Waals surface area (Å²) < 4.78 is 0. The van der Waals surface area contributed by atoms with Gasteiger partial charge in [-0.1, -0.05) is 43.2 Å². The van der Waals surface area contributed by atoms with Crippen molar-refractivity contribution in [1.82, 2.24) is 20.4 Å². The van der Waals surface area contributed by atoms with Gasteiger partial charge in [0.2, 0.25) is 0 Å². The molecule has 6 heteroatoms. The van der Waals surface area contributed by atoms with Gasteiger partial charge in [0.1, 0.15) is 0 Å². The van der Waals surface area contributed by atoms with Crippen molar-refractivity contribution in [2.45, 2.75) is 63.1 Å². The normalized spacial score (nSPS) is 25.1. The number of guanidine groups is 1. The van der Waals surface area contributed by atoms with Gasteiger partial charge in [0.15, 0.2) is 5.96 Å². The molecule has 2 atom stereocenters. The molecule has 4 rings (SSSR count). The maximum absolute atomic E-state index is 4.52. The number of nitrogens with zero attached hydrogens (tertiary/aromatic N) is 3. The summed E-state index contributed by atoms with van der Waals surface area (Å²) in [6.45, 7) is 5.71. The van der Waals surface area contributed by atoms with E-state index in [4.69, 9.17) is 0 Å². The first kappa shape index (κ1) is 22.8. The van der Waals surface area contributed by atoms with Crippen LogP contribution in [0.4, 0.5) is 0 Å². The monoisotopic (exact) mass is 511 g/mol. The SMILES string of the molecule is CN=C(NCC(c1ccccc1)N1CCCC1)NC1CCN(C2CCCC2)C1.I. The van der Waals surface area contributed by atoms with Crippen LogP contribution >= 0.6 is 24.0 Å². The molecule has 2 unspecified atom stereocenters. The quantitative estimate of drug-likeness (QED) is 0.348. The third kappa shape index (κ3) is 6.07. The van der Waals surface area contributed by atoms with Gasteiger partial charge in [0, 0.05) is 38.8 Å². The fourth-order valence-electron chi connectivity index (χ4n) is 5.27. The van der Waals surface area contributed by atoms with E-state index in [1.165, 1.54) is 76.7 Å². The Morgan fingerprint density at radius 2 is 1.76 bits per heavy atom. The van der Waals surface area contributed by atoms with Crippen LogP contribution in [0.2, 0.25) is 0 Å².